The van der Waals surface area contributed by atoms with Crippen molar-refractivity contribution >= 4 is 15.9 Å². The van der Waals surface area contributed by atoms with Crippen LogP contribution in [0.3, 0.4) is 0 Å². The van der Waals surface area contributed by atoms with E-state index >= 15 is 0 Å². The highest BCUT2D eigenvalue weighted by atomic mass is 79.9. The molecule has 0 amide bonds. The molecule has 0 spiro atoms. The van der Waals surface area contributed by atoms with Gasteiger partial charge in [0.05, 0.1) is 11.1 Å². The third-order valence-corrected chi connectivity index (χ3v) is 4.51. The summed E-state index contributed by atoms with van der Waals surface area (Å²) in [4.78, 5) is 0. The van der Waals surface area contributed by atoms with Crippen molar-refractivity contribution in [2.24, 2.45) is 5.92 Å². The van der Waals surface area contributed by atoms with Gasteiger partial charge in [0.2, 0.25) is 0 Å². The predicted molar refractivity (Wildman–Crippen MR) is 72.6 cm³/mol. The molecule has 1 heterocycles. The van der Waals surface area contributed by atoms with Gasteiger partial charge in [0, 0.05) is 6.54 Å². The fraction of sp³-hybridized carbons (Fsp3) is 0.571. The molecule has 3 heteroatoms. The number of hydrogen-bond acceptors (Lipinski definition) is 2. The SMILES string of the molecule is Brc1c(OCC2CC2)cccc1C1CCNC1. The van der Waals surface area contributed by atoms with Crippen LogP contribution in [0.1, 0.15) is 30.7 Å². The van der Waals surface area contributed by atoms with Crippen LogP contribution in [0.2, 0.25) is 0 Å². The molecule has 0 aromatic heterocycles. The molecule has 1 aromatic rings. The van der Waals surface area contributed by atoms with Crippen LogP contribution in [-0.4, -0.2) is 19.7 Å². The van der Waals surface area contributed by atoms with Gasteiger partial charge in [0.15, 0.2) is 0 Å². The van der Waals surface area contributed by atoms with Crippen molar-refractivity contribution in [2.45, 2.75) is 25.2 Å². The molecule has 0 bridgehead atoms. The molecule has 92 valence electrons. The van der Waals surface area contributed by atoms with Gasteiger partial charge in [-0.1, -0.05) is 12.1 Å². The minimum atomic E-state index is 0.633. The van der Waals surface area contributed by atoms with Gasteiger partial charge in [-0.05, 0) is 65.2 Å². The predicted octanol–water partition coefficient (Wildman–Crippen LogP) is 3.31. The second kappa shape index (κ2) is 4.99. The van der Waals surface area contributed by atoms with Crippen molar-refractivity contribution < 1.29 is 4.74 Å². The van der Waals surface area contributed by atoms with Gasteiger partial charge in [0.25, 0.3) is 0 Å². The third kappa shape index (κ3) is 2.66. The molecule has 3 rings (SSSR count). The lowest BCUT2D eigenvalue weighted by atomic mass is 9.98. The van der Waals surface area contributed by atoms with Gasteiger partial charge >= 0.3 is 0 Å². The zero-order valence-corrected chi connectivity index (χ0v) is 11.5. The van der Waals surface area contributed by atoms with E-state index in [2.05, 4.69) is 39.4 Å². The first-order valence-electron chi connectivity index (χ1n) is 6.46. The van der Waals surface area contributed by atoms with E-state index in [-0.39, 0.29) is 0 Å². The Morgan fingerprint density at radius 3 is 2.88 bits per heavy atom. The van der Waals surface area contributed by atoms with E-state index in [0.717, 1.165) is 35.8 Å². The molecule has 2 nitrogen and oxygen atoms in total. The number of hydrogen-bond donors (Lipinski definition) is 1. The second-order valence-corrected chi connectivity index (χ2v) is 5.90. The molecule has 1 N–H and O–H groups in total. The highest BCUT2D eigenvalue weighted by Gasteiger charge is 2.24. The smallest absolute Gasteiger partial charge is 0.133 e. The molecule has 1 aromatic carbocycles. The average Bonchev–Trinajstić information content (AvgIpc) is 3.01. The lowest BCUT2D eigenvalue weighted by Gasteiger charge is -2.15. The van der Waals surface area contributed by atoms with Crippen molar-refractivity contribution in [3.05, 3.63) is 28.2 Å². The monoisotopic (exact) mass is 295 g/mol. The summed E-state index contributed by atoms with van der Waals surface area (Å²) < 4.78 is 7.06. The maximum absolute atomic E-state index is 5.89. The van der Waals surface area contributed by atoms with E-state index in [0.29, 0.717) is 5.92 Å². The van der Waals surface area contributed by atoms with Crippen LogP contribution in [0, 0.1) is 5.92 Å². The van der Waals surface area contributed by atoms with Gasteiger partial charge in [-0.3, -0.25) is 0 Å². The number of ether oxygens (including phenoxy) is 1. The number of benzene rings is 1. The fourth-order valence-corrected chi connectivity index (χ4v) is 3.07. The summed E-state index contributed by atoms with van der Waals surface area (Å²) in [7, 11) is 0. The molecule has 2 fully saturated rings. The van der Waals surface area contributed by atoms with Crippen LogP contribution >= 0.6 is 15.9 Å². The minimum Gasteiger partial charge on any atom is -0.492 e. The summed E-state index contributed by atoms with van der Waals surface area (Å²) in [5, 5.41) is 3.42. The average molecular weight is 296 g/mol. The maximum Gasteiger partial charge on any atom is 0.133 e. The van der Waals surface area contributed by atoms with Crippen molar-refractivity contribution in [1.29, 1.82) is 0 Å². The Morgan fingerprint density at radius 2 is 2.18 bits per heavy atom. The third-order valence-electron chi connectivity index (χ3n) is 3.66. The molecule has 1 aliphatic carbocycles. The molecule has 0 radical (unpaired) electrons. The lowest BCUT2D eigenvalue weighted by molar-refractivity contribution is 0.297. The second-order valence-electron chi connectivity index (χ2n) is 5.10. The summed E-state index contributed by atoms with van der Waals surface area (Å²) in [6, 6.07) is 6.39. The van der Waals surface area contributed by atoms with Crippen LogP contribution in [0.4, 0.5) is 0 Å². The van der Waals surface area contributed by atoms with Crippen molar-refractivity contribution in [1.82, 2.24) is 5.32 Å². The van der Waals surface area contributed by atoms with Crippen molar-refractivity contribution in [3.8, 4) is 5.75 Å². The maximum atomic E-state index is 5.89. The van der Waals surface area contributed by atoms with Crippen LogP contribution < -0.4 is 10.1 Å². The highest BCUT2D eigenvalue weighted by molar-refractivity contribution is 9.10. The number of rotatable bonds is 4. The number of halogens is 1. The van der Waals surface area contributed by atoms with Gasteiger partial charge in [0.1, 0.15) is 5.75 Å². The van der Waals surface area contributed by atoms with Gasteiger partial charge in [-0.15, -0.1) is 0 Å². The Hall–Kier alpha value is -0.540. The largest absolute Gasteiger partial charge is 0.492 e. The summed E-state index contributed by atoms with van der Waals surface area (Å²) in [6.45, 7) is 3.10. The van der Waals surface area contributed by atoms with Crippen molar-refractivity contribution in [2.75, 3.05) is 19.7 Å². The van der Waals surface area contributed by atoms with Crippen LogP contribution in [-0.2, 0) is 0 Å². The Labute approximate surface area is 111 Å². The summed E-state index contributed by atoms with van der Waals surface area (Å²) in [5.74, 6) is 2.45. The van der Waals surface area contributed by atoms with E-state index in [4.69, 9.17) is 4.74 Å². The Bertz CT molecular complexity index is 397. The molecule has 17 heavy (non-hydrogen) atoms. The summed E-state index contributed by atoms with van der Waals surface area (Å²) in [6.07, 6.45) is 3.90. The van der Waals surface area contributed by atoms with Crippen LogP contribution in [0.15, 0.2) is 22.7 Å². The molecule has 1 unspecified atom stereocenters. The summed E-state index contributed by atoms with van der Waals surface area (Å²) in [5.41, 5.74) is 1.39. The first kappa shape index (κ1) is 11.5. The van der Waals surface area contributed by atoms with Crippen LogP contribution in [0.25, 0.3) is 0 Å². The zero-order valence-electron chi connectivity index (χ0n) is 9.92. The Balaban J connectivity index is 1.75. The normalized spacial score (nSPS) is 23.9. The molecule has 2 aliphatic rings. The quantitative estimate of drug-likeness (QED) is 0.920. The number of nitrogens with one attached hydrogen (secondary N) is 1. The zero-order chi connectivity index (χ0) is 11.7. The molecular formula is C14H18BrNO. The van der Waals surface area contributed by atoms with E-state index in [1.165, 1.54) is 24.8 Å². The lowest BCUT2D eigenvalue weighted by Crippen LogP contribution is -2.08. The standard InChI is InChI=1S/C14H18BrNO/c15-14-12(11-6-7-16-8-11)2-1-3-13(14)17-9-10-4-5-10/h1-3,10-11,16H,4-9H2. The van der Waals surface area contributed by atoms with Gasteiger partial charge < -0.3 is 10.1 Å². The molecule has 1 saturated heterocycles. The fourth-order valence-electron chi connectivity index (χ4n) is 2.37. The molecule has 1 atom stereocenters. The van der Waals surface area contributed by atoms with E-state index in [9.17, 15) is 0 Å². The summed E-state index contributed by atoms with van der Waals surface area (Å²) >= 11 is 3.71. The molecular weight excluding hydrogens is 278 g/mol. The Morgan fingerprint density at radius 1 is 1.29 bits per heavy atom. The van der Waals surface area contributed by atoms with Gasteiger partial charge in [-0.2, -0.15) is 0 Å². The van der Waals surface area contributed by atoms with E-state index in [1.807, 2.05) is 0 Å². The van der Waals surface area contributed by atoms with Gasteiger partial charge in [-0.25, -0.2) is 0 Å². The van der Waals surface area contributed by atoms with Crippen molar-refractivity contribution in [3.63, 3.8) is 0 Å². The van der Waals surface area contributed by atoms with E-state index in [1.54, 1.807) is 0 Å². The first-order chi connectivity index (χ1) is 8.34. The topological polar surface area (TPSA) is 21.3 Å². The first-order valence-corrected chi connectivity index (χ1v) is 7.26. The van der Waals surface area contributed by atoms with Crippen LogP contribution in [0.5, 0.6) is 5.75 Å². The minimum absolute atomic E-state index is 0.633. The molecule has 1 aliphatic heterocycles. The Kier molecular flexibility index (Phi) is 3.39. The van der Waals surface area contributed by atoms with E-state index < -0.39 is 0 Å². The highest BCUT2D eigenvalue weighted by Crippen LogP contribution is 2.37. The molecule has 1 saturated carbocycles.